The number of esters is 1. The Kier molecular flexibility index (Phi) is 13.3. The number of hydrogen-bond donors (Lipinski definition) is 9. The highest BCUT2D eigenvalue weighted by Crippen LogP contribution is 2.27. The molecule has 1 aliphatic heterocycles. The molecule has 3 rings (SSSR count). The van der Waals surface area contributed by atoms with Gasteiger partial charge in [0.05, 0.1) is 25.9 Å². The molecule has 2 aromatic rings. The quantitative estimate of drug-likeness (QED) is 0.0521. The number of carbonyl (C=O) groups excluding carboxylic acids is 1. The first kappa shape index (κ1) is 36.0. The van der Waals surface area contributed by atoms with Gasteiger partial charge in [-0.3, -0.25) is 0 Å². The fraction of sp³-hybridized carbons (Fsp3) is 0.500. The van der Waals surface area contributed by atoms with Crippen LogP contribution < -0.4 is 0 Å². The second-order valence-electron chi connectivity index (χ2n) is 10.4. The van der Waals surface area contributed by atoms with E-state index in [9.17, 15) is 50.8 Å². The number of hydrogen-bond acceptors (Lipinski definition) is 15. The summed E-state index contributed by atoms with van der Waals surface area (Å²) in [6.07, 6.45) is -9.83. The topological polar surface area (TPSA) is 245 Å². The molecule has 1 heterocycles. The Morgan fingerprint density at radius 3 is 2.16 bits per heavy atom. The summed E-state index contributed by atoms with van der Waals surface area (Å²) in [5.74, 6) is -2.21. The zero-order valence-corrected chi connectivity index (χ0v) is 24.6. The maximum Gasteiger partial charge on any atom is 0.331 e. The van der Waals surface area contributed by atoms with Crippen molar-refractivity contribution in [2.45, 2.75) is 75.6 Å². The van der Waals surface area contributed by atoms with Crippen LogP contribution in [0.15, 0.2) is 42.5 Å². The molecule has 0 bridgehead atoms. The molecule has 1 saturated heterocycles. The number of rotatable bonds is 15. The summed E-state index contributed by atoms with van der Waals surface area (Å²) in [5.41, 5.74) is 0.958. The number of phenolic OH excluding ortho intramolecular Hbond substituents is 4. The van der Waals surface area contributed by atoms with Gasteiger partial charge >= 0.3 is 5.97 Å². The average Bonchev–Trinajstić information content (AvgIpc) is 3.01. The molecule has 250 valence electrons. The van der Waals surface area contributed by atoms with Crippen LogP contribution in [0.1, 0.15) is 25.0 Å². The van der Waals surface area contributed by atoms with Crippen LogP contribution in [-0.4, -0.2) is 127 Å². The molecule has 0 aliphatic carbocycles. The highest BCUT2D eigenvalue weighted by Gasteiger charge is 2.44. The van der Waals surface area contributed by atoms with Crippen molar-refractivity contribution in [3.63, 3.8) is 0 Å². The van der Waals surface area contributed by atoms with E-state index in [1.165, 1.54) is 50.3 Å². The first-order valence-corrected chi connectivity index (χ1v) is 14.1. The van der Waals surface area contributed by atoms with Crippen molar-refractivity contribution in [2.75, 3.05) is 19.8 Å². The molecular formula is C30H40O15. The number of aliphatic hydroxyl groups excluding tert-OH is 5. The predicted molar refractivity (Wildman–Crippen MR) is 154 cm³/mol. The van der Waals surface area contributed by atoms with Gasteiger partial charge in [0.2, 0.25) is 0 Å². The highest BCUT2D eigenvalue weighted by molar-refractivity contribution is 5.87. The van der Waals surface area contributed by atoms with Gasteiger partial charge in [-0.2, -0.15) is 0 Å². The summed E-state index contributed by atoms with van der Waals surface area (Å²) in [4.78, 5) is 12.5. The van der Waals surface area contributed by atoms with Crippen molar-refractivity contribution < 1.29 is 74.4 Å². The van der Waals surface area contributed by atoms with Crippen LogP contribution in [-0.2, 0) is 34.9 Å². The lowest BCUT2D eigenvalue weighted by atomic mass is 10.00. The molecule has 15 heteroatoms. The van der Waals surface area contributed by atoms with Crippen molar-refractivity contribution >= 4 is 12.0 Å². The van der Waals surface area contributed by atoms with E-state index in [4.69, 9.17) is 23.7 Å². The van der Waals surface area contributed by atoms with Gasteiger partial charge in [0, 0.05) is 6.08 Å². The van der Waals surface area contributed by atoms with E-state index >= 15 is 0 Å². The first-order valence-electron chi connectivity index (χ1n) is 14.1. The summed E-state index contributed by atoms with van der Waals surface area (Å²) in [6, 6.07) is 8.07. The molecule has 0 amide bonds. The molecule has 15 nitrogen and oxygen atoms in total. The smallest absolute Gasteiger partial charge is 0.331 e. The molecule has 45 heavy (non-hydrogen) atoms. The normalized spacial score (nSPS) is 24.6. The zero-order valence-electron chi connectivity index (χ0n) is 24.6. The molecular weight excluding hydrogens is 600 g/mol. The van der Waals surface area contributed by atoms with Gasteiger partial charge in [0.25, 0.3) is 0 Å². The second-order valence-corrected chi connectivity index (χ2v) is 10.4. The number of carbonyl (C=O) groups is 1. The molecule has 1 fully saturated rings. The number of benzene rings is 2. The van der Waals surface area contributed by atoms with Gasteiger partial charge in [0.15, 0.2) is 35.6 Å². The van der Waals surface area contributed by atoms with E-state index in [1.807, 2.05) is 0 Å². The van der Waals surface area contributed by atoms with Gasteiger partial charge in [-0.15, -0.1) is 0 Å². The van der Waals surface area contributed by atoms with Crippen LogP contribution >= 0.6 is 0 Å². The van der Waals surface area contributed by atoms with Gasteiger partial charge in [-0.05, 0) is 61.7 Å². The Morgan fingerprint density at radius 2 is 1.53 bits per heavy atom. The SMILES string of the molecule is CC1OC(O[C@@H](CO)[C@H](OCCc2ccc(O)c(O)c2)OC(CO)[C@H](C)OC(=O)/C=C/c2ccc(O)c(O)c2)C(O)[C@@H](O)[C@@H]1O. The first-order chi connectivity index (χ1) is 21.3. The summed E-state index contributed by atoms with van der Waals surface area (Å²) in [5, 5.41) is 89.2. The standard InChI is InChI=1S/C30H40O15/c1-15(42-25(37)8-5-17-3-6-19(33)21(35)11-17)23(13-31)44-29(41-10-9-18-4-7-20(34)22(36)12-18)24(14-32)45-30-28(40)27(39)26(38)16(2)43-30/h3-8,11-12,15-16,23-24,26-36,38-40H,9-10,13-14H2,1-2H3/b8-5+/t15-,16?,23?,24-,26+,27-,28?,29+,30?/m0/s1. The summed E-state index contributed by atoms with van der Waals surface area (Å²) in [6.45, 7) is 1.32. The van der Waals surface area contributed by atoms with E-state index in [0.717, 1.165) is 6.08 Å². The lowest BCUT2D eigenvalue weighted by Gasteiger charge is -2.41. The summed E-state index contributed by atoms with van der Waals surface area (Å²) >= 11 is 0. The fourth-order valence-electron chi connectivity index (χ4n) is 4.32. The monoisotopic (exact) mass is 640 g/mol. The van der Waals surface area contributed by atoms with Crippen LogP contribution in [0.4, 0.5) is 0 Å². The van der Waals surface area contributed by atoms with Gasteiger partial charge in [-0.25, -0.2) is 4.79 Å². The average molecular weight is 641 g/mol. The molecule has 0 spiro atoms. The van der Waals surface area contributed by atoms with Crippen LogP contribution in [0.2, 0.25) is 0 Å². The van der Waals surface area contributed by atoms with Crippen molar-refractivity contribution in [3.05, 3.63) is 53.6 Å². The van der Waals surface area contributed by atoms with Crippen molar-refractivity contribution in [2.24, 2.45) is 0 Å². The van der Waals surface area contributed by atoms with Crippen molar-refractivity contribution in [3.8, 4) is 23.0 Å². The Hall–Kier alpha value is -3.51. The minimum Gasteiger partial charge on any atom is -0.504 e. The third-order valence-corrected chi connectivity index (χ3v) is 7.04. The number of phenols is 4. The van der Waals surface area contributed by atoms with Gasteiger partial charge in [0.1, 0.15) is 36.6 Å². The molecule has 0 saturated carbocycles. The third-order valence-electron chi connectivity index (χ3n) is 7.04. The molecule has 9 atom stereocenters. The van der Waals surface area contributed by atoms with Crippen LogP contribution in [0.5, 0.6) is 23.0 Å². The molecule has 2 aromatic carbocycles. The Balaban J connectivity index is 1.72. The lowest BCUT2D eigenvalue weighted by Crippen LogP contribution is -2.59. The highest BCUT2D eigenvalue weighted by atomic mass is 16.7. The van der Waals surface area contributed by atoms with E-state index in [-0.39, 0.29) is 36.0 Å². The van der Waals surface area contributed by atoms with E-state index < -0.39 is 74.5 Å². The Labute approximate surface area is 258 Å². The van der Waals surface area contributed by atoms with E-state index in [1.54, 1.807) is 6.07 Å². The number of aromatic hydroxyl groups is 4. The maximum atomic E-state index is 12.5. The Morgan fingerprint density at radius 1 is 0.889 bits per heavy atom. The van der Waals surface area contributed by atoms with E-state index in [0.29, 0.717) is 11.1 Å². The largest absolute Gasteiger partial charge is 0.504 e. The van der Waals surface area contributed by atoms with Crippen LogP contribution in [0.25, 0.3) is 6.08 Å². The minimum absolute atomic E-state index is 0.102. The zero-order chi connectivity index (χ0) is 33.3. The molecule has 0 aromatic heterocycles. The number of ether oxygens (including phenoxy) is 5. The summed E-state index contributed by atoms with van der Waals surface area (Å²) < 4.78 is 28.2. The van der Waals surface area contributed by atoms with Crippen LogP contribution in [0.3, 0.4) is 0 Å². The summed E-state index contributed by atoms with van der Waals surface area (Å²) in [7, 11) is 0. The van der Waals surface area contributed by atoms with Gasteiger partial charge < -0.3 is 69.6 Å². The van der Waals surface area contributed by atoms with Gasteiger partial charge in [-0.1, -0.05) is 12.1 Å². The predicted octanol–water partition coefficient (Wildman–Crippen LogP) is -0.378. The Bertz CT molecular complexity index is 1270. The van der Waals surface area contributed by atoms with E-state index in [2.05, 4.69) is 0 Å². The molecule has 1 aliphatic rings. The molecule has 9 N–H and O–H groups in total. The molecule has 4 unspecified atom stereocenters. The lowest BCUT2D eigenvalue weighted by molar-refractivity contribution is -0.335. The number of aliphatic hydroxyl groups is 5. The fourth-order valence-corrected chi connectivity index (χ4v) is 4.32. The molecule has 0 radical (unpaired) electrons. The maximum absolute atomic E-state index is 12.5. The minimum atomic E-state index is -1.71. The van der Waals surface area contributed by atoms with Crippen molar-refractivity contribution in [1.29, 1.82) is 0 Å². The third kappa shape index (κ3) is 9.99. The van der Waals surface area contributed by atoms with Crippen molar-refractivity contribution in [1.82, 2.24) is 0 Å². The van der Waals surface area contributed by atoms with Crippen LogP contribution in [0, 0.1) is 0 Å². The second kappa shape index (κ2) is 16.7.